The number of rotatable bonds is 7. The van der Waals surface area contributed by atoms with Gasteiger partial charge in [0.1, 0.15) is 0 Å². The van der Waals surface area contributed by atoms with Crippen LogP contribution in [0.2, 0.25) is 0 Å². The number of hydrogen-bond acceptors (Lipinski definition) is 2. The van der Waals surface area contributed by atoms with Crippen LogP contribution in [-0.2, 0) is 4.79 Å². The number of benzene rings is 2. The number of hydrogen-bond donors (Lipinski definition) is 2. The highest BCUT2D eigenvalue weighted by Gasteiger charge is 2.12. The zero-order chi connectivity index (χ0) is 15.8. The van der Waals surface area contributed by atoms with Crippen LogP contribution in [0.25, 0.3) is 0 Å². The van der Waals surface area contributed by atoms with Gasteiger partial charge in [-0.25, -0.2) is 0 Å². The summed E-state index contributed by atoms with van der Waals surface area (Å²) in [7, 11) is 0. The van der Waals surface area contributed by atoms with Crippen LogP contribution in [0.5, 0.6) is 0 Å². The average molecular weight is 296 g/mol. The molecule has 0 fully saturated rings. The Kier molecular flexibility index (Phi) is 6.01. The molecule has 1 amide bonds. The van der Waals surface area contributed by atoms with E-state index in [1.807, 2.05) is 30.3 Å². The van der Waals surface area contributed by atoms with Crippen molar-refractivity contribution in [3.05, 3.63) is 65.7 Å². The third-order valence-electron chi connectivity index (χ3n) is 3.68. The predicted octanol–water partition coefficient (Wildman–Crippen LogP) is 4.06. The van der Waals surface area contributed by atoms with Crippen molar-refractivity contribution in [2.45, 2.75) is 32.7 Å². The van der Waals surface area contributed by atoms with Gasteiger partial charge in [0, 0.05) is 18.7 Å². The summed E-state index contributed by atoms with van der Waals surface area (Å²) in [5.74, 6) is 0.0795. The molecule has 2 rings (SSSR count). The molecule has 0 unspecified atom stereocenters. The number of nitrogens with one attached hydrogen (secondary N) is 2. The van der Waals surface area contributed by atoms with Crippen molar-refractivity contribution in [3.8, 4) is 0 Å². The van der Waals surface area contributed by atoms with Crippen molar-refractivity contribution >= 4 is 11.6 Å². The Morgan fingerprint density at radius 3 is 2.36 bits per heavy atom. The Bertz CT molecular complexity index is 578. The van der Waals surface area contributed by atoms with E-state index < -0.39 is 0 Å². The van der Waals surface area contributed by atoms with E-state index in [-0.39, 0.29) is 11.9 Å². The fraction of sp³-hybridized carbons (Fsp3) is 0.316. The quantitative estimate of drug-likeness (QED) is 0.809. The van der Waals surface area contributed by atoms with E-state index >= 15 is 0 Å². The summed E-state index contributed by atoms with van der Waals surface area (Å²) in [6.45, 7) is 4.80. The Hall–Kier alpha value is -2.29. The van der Waals surface area contributed by atoms with Gasteiger partial charge in [-0.2, -0.15) is 0 Å². The number of anilines is 1. The minimum Gasteiger partial charge on any atom is -0.385 e. The third-order valence-corrected chi connectivity index (χ3v) is 3.68. The van der Waals surface area contributed by atoms with E-state index in [0.29, 0.717) is 13.0 Å². The van der Waals surface area contributed by atoms with Crippen molar-refractivity contribution in [2.75, 3.05) is 11.9 Å². The van der Waals surface area contributed by atoms with Gasteiger partial charge < -0.3 is 10.6 Å². The van der Waals surface area contributed by atoms with Gasteiger partial charge in [-0.15, -0.1) is 0 Å². The molecule has 0 aromatic heterocycles. The number of para-hydroxylation sites is 1. The minimum atomic E-state index is 0.0795. The smallest absolute Gasteiger partial charge is 0.222 e. The fourth-order valence-corrected chi connectivity index (χ4v) is 2.36. The highest BCUT2D eigenvalue weighted by atomic mass is 16.1. The van der Waals surface area contributed by atoms with E-state index in [2.05, 4.69) is 48.7 Å². The molecule has 2 N–H and O–H groups in total. The second kappa shape index (κ2) is 8.23. The van der Waals surface area contributed by atoms with Gasteiger partial charge in [-0.3, -0.25) is 4.79 Å². The normalized spacial score (nSPS) is 11.7. The number of aryl methyl sites for hydroxylation is 1. The number of amides is 1. The molecule has 0 aliphatic carbocycles. The molecule has 0 spiro atoms. The first-order chi connectivity index (χ1) is 10.7. The van der Waals surface area contributed by atoms with Crippen LogP contribution < -0.4 is 10.6 Å². The molecule has 3 heteroatoms. The van der Waals surface area contributed by atoms with Crippen LogP contribution in [0.15, 0.2) is 54.6 Å². The number of carbonyl (C=O) groups is 1. The van der Waals surface area contributed by atoms with Gasteiger partial charge in [0.2, 0.25) is 5.91 Å². The van der Waals surface area contributed by atoms with Crippen LogP contribution >= 0.6 is 0 Å². The fourth-order valence-electron chi connectivity index (χ4n) is 2.36. The van der Waals surface area contributed by atoms with Gasteiger partial charge in [-0.1, -0.05) is 55.0 Å². The zero-order valence-corrected chi connectivity index (χ0v) is 13.3. The van der Waals surface area contributed by atoms with Crippen LogP contribution in [0.4, 0.5) is 5.69 Å². The molecule has 22 heavy (non-hydrogen) atoms. The van der Waals surface area contributed by atoms with Gasteiger partial charge in [0.15, 0.2) is 0 Å². The van der Waals surface area contributed by atoms with Gasteiger partial charge in [0.05, 0.1) is 6.04 Å². The van der Waals surface area contributed by atoms with E-state index in [9.17, 15) is 4.79 Å². The highest BCUT2D eigenvalue weighted by molar-refractivity contribution is 5.77. The average Bonchev–Trinajstić information content (AvgIpc) is 2.54. The summed E-state index contributed by atoms with van der Waals surface area (Å²) < 4.78 is 0. The Morgan fingerprint density at radius 1 is 1.05 bits per heavy atom. The van der Waals surface area contributed by atoms with Crippen molar-refractivity contribution in [1.29, 1.82) is 0 Å². The van der Waals surface area contributed by atoms with Crippen LogP contribution in [0.1, 0.15) is 36.9 Å². The third kappa shape index (κ3) is 4.92. The van der Waals surface area contributed by atoms with E-state index in [0.717, 1.165) is 17.7 Å². The number of carbonyl (C=O) groups excluding carboxylic acids is 1. The molecule has 0 bridgehead atoms. The van der Waals surface area contributed by atoms with Crippen molar-refractivity contribution < 1.29 is 4.79 Å². The monoisotopic (exact) mass is 296 g/mol. The topological polar surface area (TPSA) is 41.1 Å². The molecule has 2 aromatic rings. The summed E-state index contributed by atoms with van der Waals surface area (Å²) in [6.07, 6.45) is 1.36. The largest absolute Gasteiger partial charge is 0.385 e. The maximum Gasteiger partial charge on any atom is 0.222 e. The molecule has 0 saturated carbocycles. The van der Waals surface area contributed by atoms with Gasteiger partial charge >= 0.3 is 0 Å². The Labute approximate surface area is 132 Å². The first kappa shape index (κ1) is 16.1. The summed E-state index contributed by atoms with van der Waals surface area (Å²) in [5, 5.41) is 6.36. The maximum atomic E-state index is 12.1. The summed E-state index contributed by atoms with van der Waals surface area (Å²) in [6, 6.07) is 18.4. The van der Waals surface area contributed by atoms with Crippen LogP contribution in [0.3, 0.4) is 0 Å². The molecule has 116 valence electrons. The van der Waals surface area contributed by atoms with Crippen LogP contribution in [-0.4, -0.2) is 12.5 Å². The second-order valence-electron chi connectivity index (χ2n) is 5.48. The predicted molar refractivity (Wildman–Crippen MR) is 91.9 cm³/mol. The maximum absolute atomic E-state index is 12.1. The first-order valence-corrected chi connectivity index (χ1v) is 7.84. The molecule has 3 nitrogen and oxygen atoms in total. The summed E-state index contributed by atoms with van der Waals surface area (Å²) in [4.78, 5) is 12.1. The lowest BCUT2D eigenvalue weighted by Gasteiger charge is -2.18. The standard InChI is InChI=1S/C19H24N2O/c1-3-18(16-11-9-15(2)10-12-16)21-19(22)13-14-20-17-7-5-4-6-8-17/h4-12,18,20H,3,13-14H2,1-2H3,(H,21,22)/t18-/m1/s1. The molecule has 0 saturated heterocycles. The molecule has 2 aromatic carbocycles. The lowest BCUT2D eigenvalue weighted by molar-refractivity contribution is -0.121. The van der Waals surface area contributed by atoms with Gasteiger partial charge in [0.25, 0.3) is 0 Å². The second-order valence-corrected chi connectivity index (χ2v) is 5.48. The molecule has 1 atom stereocenters. The van der Waals surface area contributed by atoms with Crippen molar-refractivity contribution in [2.24, 2.45) is 0 Å². The van der Waals surface area contributed by atoms with Crippen molar-refractivity contribution in [3.63, 3.8) is 0 Å². The summed E-state index contributed by atoms with van der Waals surface area (Å²) >= 11 is 0. The molecule has 0 heterocycles. The molecular formula is C19H24N2O. The van der Waals surface area contributed by atoms with E-state index in [4.69, 9.17) is 0 Å². The molecule has 0 radical (unpaired) electrons. The van der Waals surface area contributed by atoms with Crippen LogP contribution in [0, 0.1) is 6.92 Å². The lowest BCUT2D eigenvalue weighted by atomic mass is 10.0. The Morgan fingerprint density at radius 2 is 1.73 bits per heavy atom. The SMILES string of the molecule is CC[C@@H](NC(=O)CCNc1ccccc1)c1ccc(C)cc1. The van der Waals surface area contributed by atoms with Gasteiger partial charge in [-0.05, 0) is 31.0 Å². The first-order valence-electron chi connectivity index (χ1n) is 7.84. The lowest BCUT2D eigenvalue weighted by Crippen LogP contribution is -2.29. The summed E-state index contributed by atoms with van der Waals surface area (Å²) in [5.41, 5.74) is 3.44. The minimum absolute atomic E-state index is 0.0795. The molecule has 0 aliphatic rings. The molecule has 0 aliphatic heterocycles. The highest BCUT2D eigenvalue weighted by Crippen LogP contribution is 2.17. The zero-order valence-electron chi connectivity index (χ0n) is 13.3. The van der Waals surface area contributed by atoms with E-state index in [1.165, 1.54) is 5.56 Å². The van der Waals surface area contributed by atoms with Crippen molar-refractivity contribution in [1.82, 2.24) is 5.32 Å². The Balaban J connectivity index is 1.81. The molecular weight excluding hydrogens is 272 g/mol. The van der Waals surface area contributed by atoms with E-state index in [1.54, 1.807) is 0 Å².